The highest BCUT2D eigenvalue weighted by molar-refractivity contribution is 6.30. The Labute approximate surface area is 468 Å². The second-order valence-corrected chi connectivity index (χ2v) is 21.4. The van der Waals surface area contributed by atoms with Crippen molar-refractivity contribution in [3.8, 4) is 17.6 Å². The van der Waals surface area contributed by atoms with Gasteiger partial charge >= 0.3 is 6.03 Å². The molecule has 79 heavy (non-hydrogen) atoms. The topological polar surface area (TPSA) is 189 Å². The SMILES string of the molecule is COc1ccc(C2=N[C@H](c3ccc(Cl)cc3)[C@H](c3ccc(Cl)cc3)N2C(=O)N2CCN(CC(=O)NCCCCCC(=O)N3CCC(c4cc(Nc5cc(C#N)ccn5)nc(N5CCC(F)(F)C5)c4)CC3)C(=O)C2)c(OC(C)C)c1. The molecule has 6 heterocycles. The second kappa shape index (κ2) is 25.1. The molecule has 0 unspecified atom stereocenters. The fourth-order valence-corrected chi connectivity index (χ4v) is 10.7. The predicted octanol–water partition coefficient (Wildman–Crippen LogP) is 9.93. The number of carbonyl (C=O) groups is 4. The van der Waals surface area contributed by atoms with Crippen LogP contribution in [0.4, 0.5) is 31.0 Å². The van der Waals surface area contributed by atoms with Gasteiger partial charge in [-0.15, -0.1) is 0 Å². The van der Waals surface area contributed by atoms with Crippen LogP contribution in [0.15, 0.2) is 102 Å². The zero-order valence-corrected chi connectivity index (χ0v) is 45.9. The van der Waals surface area contributed by atoms with Crippen LogP contribution in [0.1, 0.15) is 105 Å². The molecule has 3 saturated heterocycles. The lowest BCUT2D eigenvalue weighted by Crippen LogP contribution is -2.57. The Bertz CT molecular complexity index is 3100. The summed E-state index contributed by atoms with van der Waals surface area (Å²) in [5.74, 6) is -0.699. The second-order valence-electron chi connectivity index (χ2n) is 20.5. The van der Waals surface area contributed by atoms with Crippen LogP contribution in [0.25, 0.3) is 0 Å². The number of alkyl halides is 2. The lowest BCUT2D eigenvalue weighted by molar-refractivity contribution is -0.139. The highest BCUT2D eigenvalue weighted by Gasteiger charge is 2.46. The smallest absolute Gasteiger partial charge is 0.326 e. The van der Waals surface area contributed by atoms with Crippen LogP contribution in [0.2, 0.25) is 10.0 Å². The van der Waals surface area contributed by atoms with Crippen LogP contribution in [0.5, 0.6) is 11.5 Å². The number of unbranched alkanes of at least 4 members (excludes halogenated alkanes) is 2. The van der Waals surface area contributed by atoms with E-state index in [-0.39, 0.29) is 68.9 Å². The van der Waals surface area contributed by atoms with Gasteiger partial charge in [0.1, 0.15) is 47.4 Å². The molecule has 4 aliphatic rings. The van der Waals surface area contributed by atoms with Crippen LogP contribution in [0.3, 0.4) is 0 Å². The fourth-order valence-electron chi connectivity index (χ4n) is 10.5. The van der Waals surface area contributed by atoms with Crippen molar-refractivity contribution < 1.29 is 37.4 Å². The number of aromatic nitrogens is 2. The molecule has 0 saturated carbocycles. The number of nitriles is 1. The quantitative estimate of drug-likeness (QED) is 0.0795. The third kappa shape index (κ3) is 13.8. The van der Waals surface area contributed by atoms with Crippen molar-refractivity contribution >= 4 is 70.2 Å². The van der Waals surface area contributed by atoms with Crippen molar-refractivity contribution in [1.82, 2.24) is 34.9 Å². The van der Waals surface area contributed by atoms with E-state index in [2.05, 4.69) is 26.7 Å². The number of methoxy groups -OCH3 is 1. The molecule has 3 fully saturated rings. The van der Waals surface area contributed by atoms with E-state index in [4.69, 9.17) is 37.7 Å². The molecule has 9 rings (SSSR count). The maximum atomic E-state index is 15.1. The van der Waals surface area contributed by atoms with E-state index in [0.29, 0.717) is 114 Å². The number of urea groups is 1. The zero-order chi connectivity index (χ0) is 55.8. The number of ether oxygens (including phenoxy) is 2. The van der Waals surface area contributed by atoms with Gasteiger partial charge in [0.05, 0.1) is 49.5 Å². The number of anilines is 3. The summed E-state index contributed by atoms with van der Waals surface area (Å²) in [6.07, 6.45) is 4.77. The van der Waals surface area contributed by atoms with E-state index in [1.54, 1.807) is 65.4 Å². The number of nitrogens with zero attached hydrogens (tertiary/aromatic N) is 9. The number of halogens is 4. The number of rotatable bonds is 18. The van der Waals surface area contributed by atoms with Gasteiger partial charge in [0.15, 0.2) is 0 Å². The normalized spacial score (nSPS) is 18.4. The van der Waals surface area contributed by atoms with Gasteiger partial charge in [-0.1, -0.05) is 53.9 Å². The number of aliphatic imine (C=N–C) groups is 1. The molecule has 5 aromatic rings. The summed E-state index contributed by atoms with van der Waals surface area (Å²) >= 11 is 12.7. The fraction of sp³-hybridized carbons (Fsp3) is 0.414. The molecule has 0 bridgehead atoms. The molecule has 2 N–H and O–H groups in total. The van der Waals surface area contributed by atoms with Gasteiger partial charge in [-0.2, -0.15) is 5.26 Å². The van der Waals surface area contributed by atoms with Crippen LogP contribution in [-0.4, -0.2) is 137 Å². The minimum Gasteiger partial charge on any atom is -0.497 e. The number of nitrogens with one attached hydrogen (secondary N) is 2. The zero-order valence-electron chi connectivity index (χ0n) is 44.3. The van der Waals surface area contributed by atoms with Crippen molar-refractivity contribution in [2.24, 2.45) is 4.99 Å². The van der Waals surface area contributed by atoms with E-state index in [1.807, 2.05) is 61.2 Å². The van der Waals surface area contributed by atoms with E-state index >= 15 is 4.79 Å². The largest absolute Gasteiger partial charge is 0.497 e. The molecule has 2 aromatic heterocycles. The number of piperazine rings is 1. The van der Waals surface area contributed by atoms with Crippen molar-refractivity contribution in [3.05, 3.63) is 135 Å². The van der Waals surface area contributed by atoms with Gasteiger partial charge in [-0.05, 0) is 123 Å². The first-order valence-corrected chi connectivity index (χ1v) is 27.4. The summed E-state index contributed by atoms with van der Waals surface area (Å²) in [5.41, 5.74) is 3.49. The maximum Gasteiger partial charge on any atom is 0.326 e. The van der Waals surface area contributed by atoms with E-state index in [9.17, 15) is 28.4 Å². The summed E-state index contributed by atoms with van der Waals surface area (Å²) in [5, 5.41) is 16.5. The number of hydrogen-bond acceptors (Lipinski definition) is 12. The summed E-state index contributed by atoms with van der Waals surface area (Å²) in [6.45, 7) is 4.91. The Balaban J connectivity index is 0.761. The Kier molecular flexibility index (Phi) is 17.8. The molecule has 3 aromatic carbocycles. The van der Waals surface area contributed by atoms with Gasteiger partial charge in [-0.25, -0.2) is 23.5 Å². The van der Waals surface area contributed by atoms with Crippen LogP contribution in [0, 0.1) is 11.3 Å². The van der Waals surface area contributed by atoms with Crippen LogP contribution in [-0.2, 0) is 14.4 Å². The Morgan fingerprint density at radius 3 is 2.25 bits per heavy atom. The minimum atomic E-state index is -2.80. The van der Waals surface area contributed by atoms with Gasteiger partial charge in [0.25, 0.3) is 5.92 Å². The van der Waals surface area contributed by atoms with Crippen molar-refractivity contribution in [2.75, 3.05) is 76.2 Å². The molecular weight excluding hydrogens is 1060 g/mol. The lowest BCUT2D eigenvalue weighted by atomic mass is 9.89. The summed E-state index contributed by atoms with van der Waals surface area (Å²) in [4.78, 5) is 77.7. The van der Waals surface area contributed by atoms with Crippen molar-refractivity contribution in [1.29, 1.82) is 5.26 Å². The number of carbonyl (C=O) groups excluding carboxylic acids is 4. The lowest BCUT2D eigenvalue weighted by Gasteiger charge is -2.38. The summed E-state index contributed by atoms with van der Waals surface area (Å²) in [7, 11) is 1.56. The Morgan fingerprint density at radius 1 is 0.848 bits per heavy atom. The van der Waals surface area contributed by atoms with Gasteiger partial charge in [0.2, 0.25) is 17.7 Å². The standard InChI is InChI=1S/C58H63Cl2F2N11O6/c1-37(2)79-47-32-45(78-3)16-17-46(47)56-68-54(40-8-12-43(59)13-9-40)55(41-10-14-44(60)15-11-41)73(56)57(77)71-28-27-70(53(76)35-71)34-51(74)65-22-6-4-5-7-52(75)69-24-19-39(20-25-69)42-30-49(66-48-29-38(33-63)18-23-64-48)67-50(31-42)72-26-21-58(61,62)36-72/h8-18,23,29-32,37,39,54-55H,4-7,19-22,24-28,34-36H2,1-3H3,(H,65,74)(H,64,66,67)/t54-,55+/m1/s1. The average Bonchev–Trinajstić information content (AvgIpc) is 4.27. The Hall–Kier alpha value is -7.56. The molecule has 4 aliphatic heterocycles. The number of likely N-dealkylation sites (tertiary alicyclic amines) is 1. The van der Waals surface area contributed by atoms with Gasteiger partial charge < -0.3 is 39.7 Å². The molecular formula is C58H63Cl2F2N11O6. The molecule has 0 radical (unpaired) electrons. The van der Waals surface area contributed by atoms with Crippen LogP contribution < -0.4 is 25.0 Å². The summed E-state index contributed by atoms with van der Waals surface area (Å²) < 4.78 is 40.4. The predicted molar refractivity (Wildman–Crippen MR) is 297 cm³/mol. The minimum absolute atomic E-state index is 0.0554. The highest BCUT2D eigenvalue weighted by Crippen LogP contribution is 2.46. The number of amides is 5. The maximum absolute atomic E-state index is 15.1. The third-order valence-corrected chi connectivity index (χ3v) is 15.1. The van der Waals surface area contributed by atoms with Crippen molar-refractivity contribution in [3.63, 3.8) is 0 Å². The van der Waals surface area contributed by atoms with Crippen LogP contribution >= 0.6 is 23.2 Å². The summed E-state index contributed by atoms with van der Waals surface area (Å²) in [6, 6.07) is 27.3. The average molecular weight is 1120 g/mol. The van der Waals surface area contributed by atoms with Crippen molar-refractivity contribution in [2.45, 2.75) is 88.8 Å². The first-order chi connectivity index (χ1) is 38.0. The van der Waals surface area contributed by atoms with E-state index in [1.165, 1.54) is 16.0 Å². The molecule has 21 heteroatoms. The first-order valence-electron chi connectivity index (χ1n) is 26.7. The number of amidine groups is 1. The van der Waals surface area contributed by atoms with E-state index < -0.39 is 30.6 Å². The monoisotopic (exact) mass is 1120 g/mol. The highest BCUT2D eigenvalue weighted by atomic mass is 35.5. The molecule has 0 spiro atoms. The van der Waals surface area contributed by atoms with Gasteiger partial charge in [-0.3, -0.25) is 24.3 Å². The molecule has 0 aliphatic carbocycles. The molecule has 414 valence electrons. The number of hydrogen-bond donors (Lipinski definition) is 2. The van der Waals surface area contributed by atoms with E-state index in [0.717, 1.165) is 16.7 Å². The molecule has 2 atom stereocenters. The number of benzene rings is 3. The molecule has 5 amide bonds. The van der Waals surface area contributed by atoms with Gasteiger partial charge in [0, 0.05) is 74.4 Å². The Morgan fingerprint density at radius 2 is 1.58 bits per heavy atom. The number of piperidine rings is 1. The first kappa shape index (κ1) is 56.2. The third-order valence-electron chi connectivity index (χ3n) is 14.6. The number of pyridine rings is 2. The molecule has 17 nitrogen and oxygen atoms in total.